The second kappa shape index (κ2) is 9.40. The molecule has 7 nitrogen and oxygen atoms in total. The van der Waals surface area contributed by atoms with Gasteiger partial charge in [-0.3, -0.25) is 9.59 Å². The monoisotopic (exact) mass is 429 g/mol. The summed E-state index contributed by atoms with van der Waals surface area (Å²) in [5, 5.41) is 5.66. The molecule has 1 aliphatic rings. The van der Waals surface area contributed by atoms with E-state index >= 15 is 0 Å². The molecule has 0 spiro atoms. The van der Waals surface area contributed by atoms with Gasteiger partial charge in [0, 0.05) is 36.8 Å². The van der Waals surface area contributed by atoms with E-state index in [1.165, 1.54) is 16.4 Å². The van der Waals surface area contributed by atoms with Gasteiger partial charge in [0.1, 0.15) is 0 Å². The molecule has 0 fully saturated rings. The molecule has 3 rings (SSSR count). The summed E-state index contributed by atoms with van der Waals surface area (Å²) in [6, 6.07) is 13.8. The summed E-state index contributed by atoms with van der Waals surface area (Å²) < 4.78 is 26.4. The van der Waals surface area contributed by atoms with Crippen LogP contribution in [0.1, 0.15) is 32.3 Å². The number of para-hydroxylation sites is 1. The number of anilines is 2. The number of nitrogens with one attached hydrogen (secondary N) is 2. The van der Waals surface area contributed by atoms with Crippen LogP contribution in [0.25, 0.3) is 0 Å². The molecular formula is C22H27N3O4S. The van der Waals surface area contributed by atoms with Crippen LogP contribution in [0.5, 0.6) is 0 Å². The summed E-state index contributed by atoms with van der Waals surface area (Å²) in [4.78, 5) is 24.8. The fraction of sp³-hybridized carbons (Fsp3) is 0.364. The molecule has 1 aliphatic heterocycles. The predicted octanol–water partition coefficient (Wildman–Crippen LogP) is 3.25. The molecule has 1 atom stereocenters. The van der Waals surface area contributed by atoms with E-state index in [2.05, 4.69) is 10.6 Å². The molecule has 2 aromatic carbocycles. The minimum Gasteiger partial charge on any atom is -0.326 e. The highest BCUT2D eigenvalue weighted by Gasteiger charge is 2.26. The molecule has 0 saturated carbocycles. The molecule has 0 radical (unpaired) electrons. The van der Waals surface area contributed by atoms with Crippen LogP contribution < -0.4 is 10.6 Å². The summed E-state index contributed by atoms with van der Waals surface area (Å²) in [5.74, 6) is -0.513. The van der Waals surface area contributed by atoms with Crippen LogP contribution in [0.3, 0.4) is 0 Å². The Morgan fingerprint density at radius 1 is 1.10 bits per heavy atom. The third-order valence-electron chi connectivity index (χ3n) is 5.31. The number of rotatable bonds is 8. The number of hydrogen-bond donors (Lipinski definition) is 2. The van der Waals surface area contributed by atoms with Gasteiger partial charge in [-0.2, -0.15) is 4.31 Å². The number of hydrogen-bond acceptors (Lipinski definition) is 4. The second-order valence-electron chi connectivity index (χ2n) is 7.25. The van der Waals surface area contributed by atoms with Crippen molar-refractivity contribution in [3.8, 4) is 0 Å². The molecule has 160 valence electrons. The lowest BCUT2D eigenvalue weighted by Gasteiger charge is -2.24. The summed E-state index contributed by atoms with van der Waals surface area (Å²) in [7, 11) is -3.53. The zero-order valence-electron chi connectivity index (χ0n) is 17.2. The van der Waals surface area contributed by atoms with Gasteiger partial charge < -0.3 is 10.6 Å². The van der Waals surface area contributed by atoms with Crippen LogP contribution in [0.4, 0.5) is 11.4 Å². The van der Waals surface area contributed by atoms with Crippen molar-refractivity contribution in [2.24, 2.45) is 5.92 Å². The van der Waals surface area contributed by atoms with Crippen molar-refractivity contribution in [1.82, 2.24) is 4.31 Å². The fourth-order valence-corrected chi connectivity index (χ4v) is 5.06. The molecule has 2 N–H and O–H groups in total. The Hall–Kier alpha value is -2.71. The van der Waals surface area contributed by atoms with Gasteiger partial charge in [-0.15, -0.1) is 0 Å². The number of amides is 2. The third kappa shape index (κ3) is 4.88. The first-order valence-electron chi connectivity index (χ1n) is 10.1. The highest BCUT2D eigenvalue weighted by molar-refractivity contribution is 7.89. The molecule has 30 heavy (non-hydrogen) atoms. The van der Waals surface area contributed by atoms with Crippen molar-refractivity contribution in [2.75, 3.05) is 23.7 Å². The average molecular weight is 430 g/mol. The lowest BCUT2D eigenvalue weighted by molar-refractivity contribution is -0.121. The van der Waals surface area contributed by atoms with Crippen LogP contribution in [0.2, 0.25) is 0 Å². The van der Waals surface area contributed by atoms with Crippen molar-refractivity contribution >= 4 is 33.2 Å². The number of carbonyl (C=O) groups excluding carboxylic acids is 2. The molecule has 0 bridgehead atoms. The van der Waals surface area contributed by atoms with Gasteiger partial charge >= 0.3 is 0 Å². The standard InChI is InChI=1S/C22H27N3O4S/c1-3-25(4-2)30(28,29)19-12-10-18(11-13-19)23-21(26)14-9-17-15-16-7-5-6-8-20(16)24-22(17)27/h5-8,10-13,17H,3-4,9,14-15H2,1-2H3,(H,23,26)(H,24,27). The molecule has 2 amide bonds. The quantitative estimate of drug-likeness (QED) is 0.673. The summed E-state index contributed by atoms with van der Waals surface area (Å²) in [6.45, 7) is 4.38. The van der Waals surface area contributed by atoms with Crippen molar-refractivity contribution in [1.29, 1.82) is 0 Å². The van der Waals surface area contributed by atoms with E-state index in [9.17, 15) is 18.0 Å². The van der Waals surface area contributed by atoms with Gasteiger partial charge in [0.25, 0.3) is 0 Å². The van der Waals surface area contributed by atoms with E-state index in [0.29, 0.717) is 31.6 Å². The van der Waals surface area contributed by atoms with Gasteiger partial charge in [0.05, 0.1) is 4.90 Å². The Bertz CT molecular complexity index is 1010. The number of fused-ring (bicyclic) bond motifs is 1. The normalized spacial score (nSPS) is 16.1. The summed E-state index contributed by atoms with van der Waals surface area (Å²) >= 11 is 0. The minimum absolute atomic E-state index is 0.0625. The molecule has 1 heterocycles. The van der Waals surface area contributed by atoms with E-state index < -0.39 is 10.0 Å². The largest absolute Gasteiger partial charge is 0.326 e. The van der Waals surface area contributed by atoms with E-state index in [1.54, 1.807) is 26.0 Å². The van der Waals surface area contributed by atoms with Crippen LogP contribution in [0, 0.1) is 5.92 Å². The highest BCUT2D eigenvalue weighted by Crippen LogP contribution is 2.27. The molecular weight excluding hydrogens is 402 g/mol. The fourth-order valence-electron chi connectivity index (χ4n) is 3.60. The average Bonchev–Trinajstić information content (AvgIpc) is 2.73. The second-order valence-corrected chi connectivity index (χ2v) is 9.19. The summed E-state index contributed by atoms with van der Waals surface area (Å²) in [5.41, 5.74) is 2.44. The topological polar surface area (TPSA) is 95.6 Å². The third-order valence-corrected chi connectivity index (χ3v) is 7.38. The molecule has 0 aliphatic carbocycles. The van der Waals surface area contributed by atoms with Gasteiger partial charge in [-0.25, -0.2) is 8.42 Å². The van der Waals surface area contributed by atoms with Gasteiger partial charge in [0.2, 0.25) is 21.8 Å². The highest BCUT2D eigenvalue weighted by atomic mass is 32.2. The molecule has 0 aromatic heterocycles. The predicted molar refractivity (Wildman–Crippen MR) is 117 cm³/mol. The Morgan fingerprint density at radius 3 is 2.43 bits per heavy atom. The van der Waals surface area contributed by atoms with Crippen molar-refractivity contribution in [2.45, 2.75) is 38.0 Å². The number of sulfonamides is 1. The Balaban J connectivity index is 1.56. The zero-order chi connectivity index (χ0) is 21.7. The van der Waals surface area contributed by atoms with Gasteiger partial charge in [-0.05, 0) is 48.7 Å². The Kier molecular flexibility index (Phi) is 6.89. The molecule has 1 unspecified atom stereocenters. The zero-order valence-corrected chi connectivity index (χ0v) is 18.0. The van der Waals surface area contributed by atoms with E-state index in [1.807, 2.05) is 24.3 Å². The number of benzene rings is 2. The molecule has 2 aromatic rings. The van der Waals surface area contributed by atoms with Crippen LogP contribution in [0.15, 0.2) is 53.4 Å². The SMILES string of the molecule is CCN(CC)S(=O)(=O)c1ccc(NC(=O)CCC2Cc3ccccc3NC2=O)cc1. The van der Waals surface area contributed by atoms with Crippen LogP contribution >= 0.6 is 0 Å². The Labute approximate surface area is 177 Å². The van der Waals surface area contributed by atoms with E-state index in [4.69, 9.17) is 0 Å². The number of nitrogens with zero attached hydrogens (tertiary/aromatic N) is 1. The first kappa shape index (κ1) is 22.0. The van der Waals surface area contributed by atoms with Gasteiger partial charge in [0.15, 0.2) is 0 Å². The minimum atomic E-state index is -3.53. The lowest BCUT2D eigenvalue weighted by atomic mass is 9.89. The Morgan fingerprint density at radius 2 is 1.77 bits per heavy atom. The van der Waals surface area contributed by atoms with Crippen molar-refractivity contribution in [3.63, 3.8) is 0 Å². The maximum Gasteiger partial charge on any atom is 0.243 e. The number of carbonyl (C=O) groups is 2. The maximum absolute atomic E-state index is 12.5. The lowest BCUT2D eigenvalue weighted by Crippen LogP contribution is -2.30. The van der Waals surface area contributed by atoms with Gasteiger partial charge in [-0.1, -0.05) is 32.0 Å². The molecule has 8 heteroatoms. The van der Waals surface area contributed by atoms with Crippen LogP contribution in [-0.2, 0) is 26.0 Å². The first-order chi connectivity index (χ1) is 14.3. The summed E-state index contributed by atoms with van der Waals surface area (Å²) in [6.07, 6.45) is 1.27. The molecule has 0 saturated heterocycles. The van der Waals surface area contributed by atoms with E-state index in [0.717, 1.165) is 11.3 Å². The smallest absolute Gasteiger partial charge is 0.243 e. The van der Waals surface area contributed by atoms with Crippen molar-refractivity contribution in [3.05, 3.63) is 54.1 Å². The maximum atomic E-state index is 12.5. The van der Waals surface area contributed by atoms with Crippen molar-refractivity contribution < 1.29 is 18.0 Å². The van der Waals surface area contributed by atoms with E-state index in [-0.39, 0.29) is 29.0 Å². The van der Waals surface area contributed by atoms with Crippen LogP contribution in [-0.4, -0.2) is 37.6 Å². The first-order valence-corrected chi connectivity index (χ1v) is 11.6.